The summed E-state index contributed by atoms with van der Waals surface area (Å²) >= 11 is 0. The Kier molecular flexibility index (Phi) is 4.43. The van der Waals surface area contributed by atoms with Crippen LogP contribution in [0.15, 0.2) is 53.5 Å². The molecule has 3 rings (SSSR count). The van der Waals surface area contributed by atoms with E-state index in [9.17, 15) is 9.59 Å². The van der Waals surface area contributed by atoms with Crippen LogP contribution in [0.4, 0.5) is 5.69 Å². The Bertz CT molecular complexity index is 1010. The Balaban J connectivity index is 2.07. The maximum absolute atomic E-state index is 12.8. The van der Waals surface area contributed by atoms with Gasteiger partial charge in [0.15, 0.2) is 0 Å². The number of nitrogens with zero attached hydrogens (tertiary/aromatic N) is 1. The first kappa shape index (κ1) is 16.6. The number of methoxy groups -OCH3 is 2. The number of amides is 1. The maximum atomic E-state index is 12.8. The highest BCUT2D eigenvalue weighted by atomic mass is 16.5. The van der Waals surface area contributed by atoms with Crippen molar-refractivity contribution in [1.29, 1.82) is 0 Å². The normalized spacial score (nSPS) is 10.5. The van der Waals surface area contributed by atoms with Crippen LogP contribution in [0.25, 0.3) is 10.8 Å². The molecule has 1 amide bonds. The molecule has 0 atom stereocenters. The number of aromatic nitrogens is 1. The summed E-state index contributed by atoms with van der Waals surface area (Å²) in [4.78, 5) is 25.1. The minimum absolute atomic E-state index is 0.147. The molecule has 3 aromatic rings. The van der Waals surface area contributed by atoms with E-state index in [2.05, 4.69) is 5.32 Å². The molecule has 0 unspecified atom stereocenters. The average Bonchev–Trinajstić information content (AvgIpc) is 2.64. The van der Waals surface area contributed by atoms with Gasteiger partial charge in [0.05, 0.1) is 25.5 Å². The summed E-state index contributed by atoms with van der Waals surface area (Å²) in [6.45, 7) is 0. The van der Waals surface area contributed by atoms with Crippen molar-refractivity contribution in [3.63, 3.8) is 0 Å². The Hall–Kier alpha value is -3.28. The van der Waals surface area contributed by atoms with Gasteiger partial charge >= 0.3 is 0 Å². The molecule has 1 N–H and O–H groups in total. The van der Waals surface area contributed by atoms with E-state index in [1.165, 1.54) is 17.9 Å². The number of rotatable bonds is 4. The number of nitrogens with one attached hydrogen (secondary N) is 1. The molecule has 0 saturated heterocycles. The van der Waals surface area contributed by atoms with Gasteiger partial charge in [-0.15, -0.1) is 0 Å². The summed E-state index contributed by atoms with van der Waals surface area (Å²) in [5, 5.41) is 3.93. The molecule has 0 radical (unpaired) electrons. The predicted molar refractivity (Wildman–Crippen MR) is 96.7 cm³/mol. The molecule has 6 nitrogen and oxygen atoms in total. The topological polar surface area (TPSA) is 69.6 Å². The first-order chi connectivity index (χ1) is 12.0. The zero-order valence-corrected chi connectivity index (χ0v) is 14.2. The smallest absolute Gasteiger partial charge is 0.258 e. The van der Waals surface area contributed by atoms with Crippen LogP contribution in [-0.4, -0.2) is 24.7 Å². The van der Waals surface area contributed by atoms with E-state index in [-0.39, 0.29) is 11.5 Å². The molecule has 0 saturated carbocycles. The fraction of sp³-hybridized carbons (Fsp3) is 0.158. The number of fused-ring (bicyclic) bond motifs is 1. The van der Waals surface area contributed by atoms with Gasteiger partial charge in [-0.05, 0) is 18.2 Å². The number of hydrogen-bond acceptors (Lipinski definition) is 4. The number of pyridine rings is 1. The Morgan fingerprint density at radius 2 is 1.76 bits per heavy atom. The van der Waals surface area contributed by atoms with Crippen molar-refractivity contribution in [2.45, 2.75) is 0 Å². The molecule has 0 aliphatic rings. The zero-order valence-electron chi connectivity index (χ0n) is 14.2. The highest BCUT2D eigenvalue weighted by Gasteiger charge is 2.16. The van der Waals surface area contributed by atoms with E-state index < -0.39 is 0 Å². The summed E-state index contributed by atoms with van der Waals surface area (Å²) in [6, 6.07) is 12.2. The van der Waals surface area contributed by atoms with E-state index in [0.717, 1.165) is 0 Å². The third kappa shape index (κ3) is 3.06. The van der Waals surface area contributed by atoms with Gasteiger partial charge in [0.2, 0.25) is 0 Å². The molecule has 0 aliphatic heterocycles. The van der Waals surface area contributed by atoms with Gasteiger partial charge in [0, 0.05) is 30.1 Å². The molecule has 0 aliphatic carbocycles. The van der Waals surface area contributed by atoms with Gasteiger partial charge in [0.25, 0.3) is 11.5 Å². The second-order valence-electron chi connectivity index (χ2n) is 5.52. The SMILES string of the molecule is COc1ccc(OC)c(NC(=O)c2cn(C)c(=O)c3ccccc23)c1. The molecule has 0 bridgehead atoms. The van der Waals surface area contributed by atoms with Crippen molar-refractivity contribution >= 4 is 22.4 Å². The number of carbonyl (C=O) groups is 1. The summed E-state index contributed by atoms with van der Waals surface area (Å²) < 4.78 is 11.9. The average molecular weight is 338 g/mol. The van der Waals surface area contributed by atoms with Crippen molar-refractivity contribution in [2.75, 3.05) is 19.5 Å². The molecule has 6 heteroatoms. The minimum Gasteiger partial charge on any atom is -0.497 e. The second kappa shape index (κ2) is 6.68. The van der Waals surface area contributed by atoms with Crippen LogP contribution < -0.4 is 20.3 Å². The number of aryl methyl sites for hydroxylation is 1. The Morgan fingerprint density at radius 3 is 2.44 bits per heavy atom. The molecular weight excluding hydrogens is 320 g/mol. The molecular formula is C19H18N2O4. The fourth-order valence-corrected chi connectivity index (χ4v) is 2.70. The Morgan fingerprint density at radius 1 is 1.04 bits per heavy atom. The van der Waals surface area contributed by atoms with Crippen molar-refractivity contribution in [3.8, 4) is 11.5 Å². The molecule has 1 heterocycles. The van der Waals surface area contributed by atoms with E-state index >= 15 is 0 Å². The van der Waals surface area contributed by atoms with Crippen molar-refractivity contribution in [2.24, 2.45) is 7.05 Å². The number of ether oxygens (including phenoxy) is 2. The number of benzene rings is 2. The van der Waals surface area contributed by atoms with Crippen LogP contribution in [0.3, 0.4) is 0 Å². The lowest BCUT2D eigenvalue weighted by Gasteiger charge is -2.13. The fourth-order valence-electron chi connectivity index (χ4n) is 2.70. The van der Waals surface area contributed by atoms with Crippen LogP contribution in [-0.2, 0) is 7.05 Å². The van der Waals surface area contributed by atoms with Crippen LogP contribution in [0.2, 0.25) is 0 Å². The van der Waals surface area contributed by atoms with Gasteiger partial charge < -0.3 is 19.4 Å². The Labute approximate surface area is 144 Å². The van der Waals surface area contributed by atoms with Crippen LogP contribution >= 0.6 is 0 Å². The standard InChI is InChI=1S/C19H18N2O4/c1-21-11-15(13-6-4-5-7-14(13)19(21)23)18(22)20-16-10-12(24-2)8-9-17(16)25-3/h4-11H,1-3H3,(H,20,22). The van der Waals surface area contributed by atoms with Gasteiger partial charge in [-0.1, -0.05) is 18.2 Å². The lowest BCUT2D eigenvalue weighted by Crippen LogP contribution is -2.21. The number of anilines is 1. The van der Waals surface area contributed by atoms with Crippen molar-refractivity contribution in [1.82, 2.24) is 4.57 Å². The predicted octanol–water partition coefficient (Wildman–Crippen LogP) is 2.81. The third-order valence-corrected chi connectivity index (χ3v) is 3.99. The highest BCUT2D eigenvalue weighted by molar-refractivity contribution is 6.13. The lowest BCUT2D eigenvalue weighted by atomic mass is 10.1. The largest absolute Gasteiger partial charge is 0.497 e. The van der Waals surface area contributed by atoms with Crippen molar-refractivity contribution in [3.05, 3.63) is 64.6 Å². The molecule has 0 spiro atoms. The lowest BCUT2D eigenvalue weighted by molar-refractivity contribution is 0.102. The third-order valence-electron chi connectivity index (χ3n) is 3.99. The first-order valence-corrected chi connectivity index (χ1v) is 7.67. The molecule has 1 aromatic heterocycles. The molecule has 25 heavy (non-hydrogen) atoms. The second-order valence-corrected chi connectivity index (χ2v) is 5.52. The maximum Gasteiger partial charge on any atom is 0.258 e. The van der Waals surface area contributed by atoms with Gasteiger partial charge in [-0.25, -0.2) is 0 Å². The van der Waals surface area contributed by atoms with Gasteiger partial charge in [-0.3, -0.25) is 9.59 Å². The molecule has 0 fully saturated rings. The minimum atomic E-state index is -0.335. The summed E-state index contributed by atoms with van der Waals surface area (Å²) in [5.41, 5.74) is 0.749. The monoisotopic (exact) mass is 338 g/mol. The van der Waals surface area contributed by atoms with Crippen LogP contribution in [0.1, 0.15) is 10.4 Å². The van der Waals surface area contributed by atoms with Gasteiger partial charge in [-0.2, -0.15) is 0 Å². The van der Waals surface area contributed by atoms with Gasteiger partial charge in [0.1, 0.15) is 11.5 Å². The van der Waals surface area contributed by atoms with E-state index in [4.69, 9.17) is 9.47 Å². The summed E-state index contributed by atoms with van der Waals surface area (Å²) in [6.07, 6.45) is 1.53. The molecule has 128 valence electrons. The molecule has 2 aromatic carbocycles. The summed E-state index contributed by atoms with van der Waals surface area (Å²) in [5.74, 6) is 0.781. The quantitative estimate of drug-likeness (QED) is 0.794. The summed E-state index contributed by atoms with van der Waals surface area (Å²) in [7, 11) is 4.70. The van der Waals surface area contributed by atoms with Crippen LogP contribution in [0, 0.1) is 0 Å². The van der Waals surface area contributed by atoms with Crippen LogP contribution in [0.5, 0.6) is 11.5 Å². The number of carbonyl (C=O) groups excluding carboxylic acids is 1. The first-order valence-electron chi connectivity index (χ1n) is 7.67. The zero-order chi connectivity index (χ0) is 18.0. The highest BCUT2D eigenvalue weighted by Crippen LogP contribution is 2.29. The van der Waals surface area contributed by atoms with Crippen molar-refractivity contribution < 1.29 is 14.3 Å². The van der Waals surface area contributed by atoms with E-state index in [0.29, 0.717) is 33.5 Å². The van der Waals surface area contributed by atoms with E-state index in [1.54, 1.807) is 56.6 Å². The van der Waals surface area contributed by atoms with E-state index in [1.807, 2.05) is 0 Å². The number of hydrogen-bond donors (Lipinski definition) is 1.